The average Bonchev–Trinajstić information content (AvgIpc) is 3.52. The van der Waals surface area contributed by atoms with Crippen molar-refractivity contribution < 1.29 is 4.42 Å². The summed E-state index contributed by atoms with van der Waals surface area (Å²) in [5, 5.41) is 2.47. The summed E-state index contributed by atoms with van der Waals surface area (Å²) < 4.78 is 6.11. The maximum absolute atomic E-state index is 6.11. The number of anilines is 1. The summed E-state index contributed by atoms with van der Waals surface area (Å²) in [7, 11) is 2.17. The standard InChI is InChI=1S/C17H17NO.C5H11N.2C2H6/c1-12-7-8-16-14(11-12)13-5-4-6-15(17(13)19-16)18-9-2-3-10-18;1-6-4-2-3-5-6;2*1-2/h4-8,11H,2-3,9-10H2,1H3;2-5H2,1H3;2*1-2H3. The fraction of sp³-hybridized carbons (Fsp3) is 0.538. The van der Waals surface area contributed by atoms with Crippen LogP contribution in [0, 0.1) is 6.92 Å². The van der Waals surface area contributed by atoms with E-state index in [4.69, 9.17) is 4.42 Å². The highest BCUT2D eigenvalue weighted by molar-refractivity contribution is 6.09. The van der Waals surface area contributed by atoms with Crippen molar-refractivity contribution >= 4 is 27.6 Å². The maximum atomic E-state index is 6.11. The van der Waals surface area contributed by atoms with E-state index in [-0.39, 0.29) is 0 Å². The molecule has 2 fully saturated rings. The number of benzene rings is 2. The Balaban J connectivity index is 0.000000253. The third kappa shape index (κ3) is 5.76. The molecule has 0 atom stereocenters. The van der Waals surface area contributed by atoms with Crippen LogP contribution < -0.4 is 4.90 Å². The normalized spacial score (nSPS) is 16.0. The molecule has 0 amide bonds. The van der Waals surface area contributed by atoms with E-state index in [1.54, 1.807) is 0 Å². The van der Waals surface area contributed by atoms with Gasteiger partial charge in [0, 0.05) is 23.9 Å². The SMILES string of the molecule is CC.CC.CN1CCCC1.Cc1ccc2oc3c(N4CCCC4)cccc3c2c1. The molecule has 1 aromatic heterocycles. The van der Waals surface area contributed by atoms with Crippen LogP contribution in [0.3, 0.4) is 0 Å². The van der Waals surface area contributed by atoms with Crippen molar-refractivity contribution in [3.05, 3.63) is 42.0 Å². The van der Waals surface area contributed by atoms with E-state index in [1.807, 2.05) is 27.7 Å². The van der Waals surface area contributed by atoms with Crippen LogP contribution in [0.4, 0.5) is 5.69 Å². The molecule has 3 heterocycles. The molecule has 0 unspecified atom stereocenters. The summed E-state index contributed by atoms with van der Waals surface area (Å²) in [6.45, 7) is 15.1. The van der Waals surface area contributed by atoms with E-state index in [0.29, 0.717) is 0 Å². The highest BCUT2D eigenvalue weighted by Gasteiger charge is 2.18. The number of furan rings is 1. The number of para-hydroxylation sites is 1. The monoisotopic (exact) mass is 396 g/mol. The lowest BCUT2D eigenvalue weighted by molar-refractivity contribution is 0.418. The number of likely N-dealkylation sites (tertiary alicyclic amines) is 1. The van der Waals surface area contributed by atoms with E-state index in [9.17, 15) is 0 Å². The van der Waals surface area contributed by atoms with E-state index in [1.165, 1.54) is 60.8 Å². The largest absolute Gasteiger partial charge is 0.454 e. The predicted molar refractivity (Wildman–Crippen MR) is 129 cm³/mol. The molecular weight excluding hydrogens is 356 g/mol. The van der Waals surface area contributed by atoms with E-state index in [0.717, 1.165) is 24.3 Å². The van der Waals surface area contributed by atoms with Gasteiger partial charge in [0.15, 0.2) is 5.58 Å². The zero-order valence-corrected chi connectivity index (χ0v) is 19.4. The first-order chi connectivity index (χ1) is 14.2. The van der Waals surface area contributed by atoms with Crippen molar-refractivity contribution in [3.8, 4) is 0 Å². The highest BCUT2D eigenvalue weighted by atomic mass is 16.3. The van der Waals surface area contributed by atoms with Gasteiger partial charge in [0.2, 0.25) is 0 Å². The van der Waals surface area contributed by atoms with Crippen molar-refractivity contribution in [2.45, 2.75) is 60.3 Å². The van der Waals surface area contributed by atoms with Crippen molar-refractivity contribution in [3.63, 3.8) is 0 Å². The average molecular weight is 397 g/mol. The summed E-state index contributed by atoms with van der Waals surface area (Å²) in [4.78, 5) is 4.80. The van der Waals surface area contributed by atoms with Crippen LogP contribution in [0.5, 0.6) is 0 Å². The Kier molecular flexibility index (Phi) is 9.53. The Morgan fingerprint density at radius 1 is 0.759 bits per heavy atom. The first-order valence-corrected chi connectivity index (χ1v) is 11.6. The van der Waals surface area contributed by atoms with Crippen LogP contribution in [0.2, 0.25) is 0 Å². The molecule has 3 nitrogen and oxygen atoms in total. The zero-order chi connectivity index (χ0) is 21.2. The minimum atomic E-state index is 0.993. The summed E-state index contributed by atoms with van der Waals surface area (Å²) >= 11 is 0. The van der Waals surface area contributed by atoms with Gasteiger partial charge in [-0.1, -0.05) is 51.5 Å². The third-order valence-electron chi connectivity index (χ3n) is 5.41. The van der Waals surface area contributed by atoms with Gasteiger partial charge in [0.1, 0.15) is 5.58 Å². The molecule has 29 heavy (non-hydrogen) atoms. The number of rotatable bonds is 1. The second-order valence-electron chi connectivity index (χ2n) is 7.46. The van der Waals surface area contributed by atoms with Gasteiger partial charge in [-0.05, 0) is 70.9 Å². The Morgan fingerprint density at radius 3 is 1.97 bits per heavy atom. The molecule has 2 aliphatic heterocycles. The minimum Gasteiger partial charge on any atom is -0.454 e. The van der Waals surface area contributed by atoms with E-state index < -0.39 is 0 Å². The lowest BCUT2D eigenvalue weighted by Crippen LogP contribution is -2.17. The van der Waals surface area contributed by atoms with Gasteiger partial charge in [0.05, 0.1) is 5.69 Å². The number of hydrogen-bond donors (Lipinski definition) is 0. The Morgan fingerprint density at radius 2 is 1.38 bits per heavy atom. The van der Waals surface area contributed by atoms with Gasteiger partial charge >= 0.3 is 0 Å². The molecule has 0 spiro atoms. The van der Waals surface area contributed by atoms with E-state index in [2.05, 4.69) is 60.2 Å². The van der Waals surface area contributed by atoms with Gasteiger partial charge in [-0.2, -0.15) is 0 Å². The van der Waals surface area contributed by atoms with Crippen molar-refractivity contribution in [2.24, 2.45) is 0 Å². The second-order valence-corrected chi connectivity index (χ2v) is 7.46. The smallest absolute Gasteiger partial charge is 0.158 e. The van der Waals surface area contributed by atoms with Crippen LogP contribution in [0.1, 0.15) is 58.9 Å². The van der Waals surface area contributed by atoms with Gasteiger partial charge in [-0.15, -0.1) is 0 Å². The molecular formula is C26H40N2O. The quantitative estimate of drug-likeness (QED) is 0.431. The van der Waals surface area contributed by atoms with Crippen LogP contribution >= 0.6 is 0 Å². The molecule has 0 radical (unpaired) electrons. The van der Waals surface area contributed by atoms with Crippen LogP contribution in [-0.2, 0) is 0 Å². The summed E-state index contributed by atoms with van der Waals surface area (Å²) in [5.74, 6) is 0. The molecule has 160 valence electrons. The summed E-state index contributed by atoms with van der Waals surface area (Å²) in [6.07, 6.45) is 5.40. The topological polar surface area (TPSA) is 19.6 Å². The van der Waals surface area contributed by atoms with Gasteiger partial charge in [-0.25, -0.2) is 0 Å². The molecule has 0 bridgehead atoms. The molecule has 5 rings (SSSR count). The Bertz CT molecular complexity index is 856. The molecule has 0 N–H and O–H groups in total. The summed E-state index contributed by atoms with van der Waals surface area (Å²) in [6, 6.07) is 12.9. The van der Waals surface area contributed by atoms with Gasteiger partial charge < -0.3 is 14.2 Å². The highest BCUT2D eigenvalue weighted by Crippen LogP contribution is 2.36. The molecule has 3 aromatic rings. The molecule has 0 aliphatic carbocycles. The Labute approximate surface area is 177 Å². The fourth-order valence-electron chi connectivity index (χ4n) is 3.98. The second kappa shape index (κ2) is 11.9. The predicted octanol–water partition coefficient (Wildman–Crippen LogP) is 7.26. The Hall–Kier alpha value is -2.00. The van der Waals surface area contributed by atoms with Crippen LogP contribution in [-0.4, -0.2) is 38.1 Å². The zero-order valence-electron chi connectivity index (χ0n) is 19.4. The lowest BCUT2D eigenvalue weighted by Gasteiger charge is -2.17. The van der Waals surface area contributed by atoms with Crippen LogP contribution in [0.25, 0.3) is 21.9 Å². The summed E-state index contributed by atoms with van der Waals surface area (Å²) in [5.41, 5.74) is 4.57. The van der Waals surface area contributed by atoms with Crippen molar-refractivity contribution in [2.75, 3.05) is 38.1 Å². The first-order valence-electron chi connectivity index (χ1n) is 11.6. The van der Waals surface area contributed by atoms with Crippen molar-refractivity contribution in [1.82, 2.24) is 4.90 Å². The number of aryl methyl sites for hydroxylation is 1. The van der Waals surface area contributed by atoms with Gasteiger partial charge in [-0.3, -0.25) is 0 Å². The number of nitrogens with zero attached hydrogens (tertiary/aromatic N) is 2. The van der Waals surface area contributed by atoms with E-state index >= 15 is 0 Å². The molecule has 0 saturated carbocycles. The lowest BCUT2D eigenvalue weighted by atomic mass is 10.1. The molecule has 3 heteroatoms. The minimum absolute atomic E-state index is 0.993. The molecule has 2 aliphatic rings. The van der Waals surface area contributed by atoms with Crippen molar-refractivity contribution in [1.29, 1.82) is 0 Å². The number of hydrogen-bond acceptors (Lipinski definition) is 3. The third-order valence-corrected chi connectivity index (χ3v) is 5.41. The molecule has 2 aromatic carbocycles. The molecule has 2 saturated heterocycles. The van der Waals surface area contributed by atoms with Gasteiger partial charge in [0.25, 0.3) is 0 Å². The maximum Gasteiger partial charge on any atom is 0.158 e. The first kappa shape index (κ1) is 23.3. The van der Waals surface area contributed by atoms with Crippen LogP contribution in [0.15, 0.2) is 40.8 Å². The fourth-order valence-corrected chi connectivity index (χ4v) is 3.98. The number of fused-ring (bicyclic) bond motifs is 3.